The Balaban J connectivity index is 2.24. The summed E-state index contributed by atoms with van der Waals surface area (Å²) >= 11 is 5.59. The predicted molar refractivity (Wildman–Crippen MR) is 56.9 cm³/mol. The third kappa shape index (κ3) is 2.14. The van der Waals surface area contributed by atoms with E-state index in [-0.39, 0.29) is 10.8 Å². The second-order valence-electron chi connectivity index (χ2n) is 3.40. The third-order valence-corrected chi connectivity index (χ3v) is 2.60. The van der Waals surface area contributed by atoms with E-state index in [1.807, 2.05) is 12.1 Å². The summed E-state index contributed by atoms with van der Waals surface area (Å²) in [6.45, 7) is 1.92. The summed E-state index contributed by atoms with van der Waals surface area (Å²) in [7, 11) is 0. The van der Waals surface area contributed by atoms with E-state index in [2.05, 4.69) is 5.32 Å². The molecular formula is C11H11ClFN. The van der Waals surface area contributed by atoms with Crippen molar-refractivity contribution in [2.45, 2.75) is 6.42 Å². The standard InChI is InChI=1S/C11H11ClFN/c12-10-2-1-8(6-11(10)13)5-9-3-4-14-7-9/h1-2,5-6,14H,3-4,7H2/b9-5-. The Hall–Kier alpha value is -0.860. The van der Waals surface area contributed by atoms with Crippen molar-refractivity contribution in [3.05, 3.63) is 40.2 Å². The molecule has 14 heavy (non-hydrogen) atoms. The maximum Gasteiger partial charge on any atom is 0.142 e. The summed E-state index contributed by atoms with van der Waals surface area (Å²) in [5.74, 6) is -0.355. The van der Waals surface area contributed by atoms with Gasteiger partial charge in [-0.05, 0) is 30.7 Å². The molecule has 1 heterocycles. The molecule has 1 aromatic carbocycles. The van der Waals surface area contributed by atoms with Gasteiger partial charge in [0.05, 0.1) is 5.02 Å². The minimum absolute atomic E-state index is 0.177. The molecule has 74 valence electrons. The van der Waals surface area contributed by atoms with Crippen LogP contribution in [0.3, 0.4) is 0 Å². The zero-order chi connectivity index (χ0) is 9.97. The topological polar surface area (TPSA) is 12.0 Å². The van der Waals surface area contributed by atoms with E-state index in [0.717, 1.165) is 25.1 Å². The van der Waals surface area contributed by atoms with Gasteiger partial charge in [-0.2, -0.15) is 0 Å². The van der Waals surface area contributed by atoms with Gasteiger partial charge in [0, 0.05) is 6.54 Å². The van der Waals surface area contributed by atoms with Crippen LogP contribution in [0, 0.1) is 5.82 Å². The quantitative estimate of drug-likeness (QED) is 0.753. The third-order valence-electron chi connectivity index (χ3n) is 2.29. The van der Waals surface area contributed by atoms with Crippen LogP contribution >= 0.6 is 11.6 Å². The number of benzene rings is 1. The molecule has 1 aliphatic heterocycles. The number of halogens is 2. The Morgan fingerprint density at radius 3 is 2.93 bits per heavy atom. The van der Waals surface area contributed by atoms with Gasteiger partial charge in [-0.15, -0.1) is 0 Å². The van der Waals surface area contributed by atoms with Crippen LogP contribution in [-0.2, 0) is 0 Å². The monoisotopic (exact) mass is 211 g/mol. The van der Waals surface area contributed by atoms with Gasteiger partial charge >= 0.3 is 0 Å². The first-order valence-corrected chi connectivity index (χ1v) is 4.99. The Morgan fingerprint density at radius 2 is 2.29 bits per heavy atom. The molecule has 1 N–H and O–H groups in total. The van der Waals surface area contributed by atoms with Crippen LogP contribution in [0.25, 0.3) is 6.08 Å². The molecule has 1 aromatic rings. The molecule has 0 aromatic heterocycles. The SMILES string of the molecule is Fc1cc(/C=C2/CCNC2)ccc1Cl. The minimum atomic E-state index is -0.355. The van der Waals surface area contributed by atoms with Crippen molar-refractivity contribution in [1.82, 2.24) is 5.32 Å². The highest BCUT2D eigenvalue weighted by molar-refractivity contribution is 6.30. The highest BCUT2D eigenvalue weighted by Gasteiger charge is 2.06. The molecule has 0 amide bonds. The van der Waals surface area contributed by atoms with Gasteiger partial charge in [-0.1, -0.05) is 29.3 Å². The van der Waals surface area contributed by atoms with Crippen LogP contribution in [-0.4, -0.2) is 13.1 Å². The summed E-state index contributed by atoms with van der Waals surface area (Å²) in [5, 5.41) is 3.41. The van der Waals surface area contributed by atoms with Crippen LogP contribution in [0.4, 0.5) is 4.39 Å². The highest BCUT2D eigenvalue weighted by Crippen LogP contribution is 2.18. The normalized spacial score (nSPS) is 19.1. The Kier molecular flexibility index (Phi) is 2.85. The number of rotatable bonds is 1. The molecule has 1 fully saturated rings. The summed E-state index contributed by atoms with van der Waals surface area (Å²) < 4.78 is 13.1. The van der Waals surface area contributed by atoms with Crippen molar-refractivity contribution in [2.24, 2.45) is 0 Å². The van der Waals surface area contributed by atoms with Crippen LogP contribution in [0.5, 0.6) is 0 Å². The molecule has 0 bridgehead atoms. The average Bonchev–Trinajstić information content (AvgIpc) is 2.64. The lowest BCUT2D eigenvalue weighted by atomic mass is 10.1. The van der Waals surface area contributed by atoms with E-state index in [4.69, 9.17) is 11.6 Å². The van der Waals surface area contributed by atoms with Crippen molar-refractivity contribution >= 4 is 17.7 Å². The van der Waals surface area contributed by atoms with Gasteiger partial charge in [0.2, 0.25) is 0 Å². The first kappa shape index (κ1) is 9.69. The van der Waals surface area contributed by atoms with Gasteiger partial charge in [0.1, 0.15) is 5.82 Å². The van der Waals surface area contributed by atoms with Crippen LogP contribution < -0.4 is 5.32 Å². The average molecular weight is 212 g/mol. The van der Waals surface area contributed by atoms with Gasteiger partial charge in [-0.3, -0.25) is 0 Å². The fraction of sp³-hybridized carbons (Fsp3) is 0.273. The van der Waals surface area contributed by atoms with E-state index in [9.17, 15) is 4.39 Å². The van der Waals surface area contributed by atoms with Crippen molar-refractivity contribution in [3.63, 3.8) is 0 Å². The summed E-state index contributed by atoms with van der Waals surface area (Å²) in [5.41, 5.74) is 2.19. The fourth-order valence-corrected chi connectivity index (χ4v) is 1.66. The van der Waals surface area contributed by atoms with Crippen LogP contribution in [0.2, 0.25) is 5.02 Å². The molecule has 1 nitrogen and oxygen atoms in total. The first-order chi connectivity index (χ1) is 6.75. The van der Waals surface area contributed by atoms with Gasteiger partial charge in [0.25, 0.3) is 0 Å². The molecule has 1 aliphatic rings. The smallest absolute Gasteiger partial charge is 0.142 e. The molecule has 3 heteroatoms. The molecule has 0 radical (unpaired) electrons. The van der Waals surface area contributed by atoms with Gasteiger partial charge < -0.3 is 5.32 Å². The van der Waals surface area contributed by atoms with E-state index < -0.39 is 0 Å². The second-order valence-corrected chi connectivity index (χ2v) is 3.81. The molecule has 1 saturated heterocycles. The maximum absolute atomic E-state index is 13.1. The van der Waals surface area contributed by atoms with Gasteiger partial charge in [-0.25, -0.2) is 4.39 Å². The lowest BCUT2D eigenvalue weighted by Crippen LogP contribution is -2.04. The van der Waals surface area contributed by atoms with Crippen molar-refractivity contribution in [1.29, 1.82) is 0 Å². The number of nitrogens with one attached hydrogen (secondary N) is 1. The molecule has 0 saturated carbocycles. The van der Waals surface area contributed by atoms with Crippen LogP contribution in [0.15, 0.2) is 23.8 Å². The zero-order valence-electron chi connectivity index (χ0n) is 7.69. The molecule has 2 rings (SSSR count). The molecule has 0 atom stereocenters. The van der Waals surface area contributed by atoms with E-state index in [1.54, 1.807) is 6.07 Å². The maximum atomic E-state index is 13.1. The predicted octanol–water partition coefficient (Wildman–Crippen LogP) is 2.86. The summed E-state index contributed by atoms with van der Waals surface area (Å²) in [6.07, 6.45) is 3.06. The minimum Gasteiger partial charge on any atom is -0.313 e. The van der Waals surface area contributed by atoms with Crippen LogP contribution in [0.1, 0.15) is 12.0 Å². The Labute approximate surface area is 87.6 Å². The number of hydrogen-bond acceptors (Lipinski definition) is 1. The van der Waals surface area contributed by atoms with Crippen molar-refractivity contribution in [2.75, 3.05) is 13.1 Å². The summed E-state index contributed by atoms with van der Waals surface area (Å²) in [6, 6.07) is 4.88. The highest BCUT2D eigenvalue weighted by atomic mass is 35.5. The zero-order valence-corrected chi connectivity index (χ0v) is 8.44. The second kappa shape index (κ2) is 4.11. The molecule has 0 unspecified atom stereocenters. The van der Waals surface area contributed by atoms with E-state index in [0.29, 0.717) is 0 Å². The van der Waals surface area contributed by atoms with E-state index >= 15 is 0 Å². The Bertz CT molecular complexity index is 366. The lowest BCUT2D eigenvalue weighted by Gasteiger charge is -1.98. The van der Waals surface area contributed by atoms with E-state index in [1.165, 1.54) is 11.6 Å². The lowest BCUT2D eigenvalue weighted by molar-refractivity contribution is 0.628. The Morgan fingerprint density at radius 1 is 1.43 bits per heavy atom. The fourth-order valence-electron chi connectivity index (χ4n) is 1.55. The molecular weight excluding hydrogens is 201 g/mol. The van der Waals surface area contributed by atoms with Crippen molar-refractivity contribution in [3.8, 4) is 0 Å². The van der Waals surface area contributed by atoms with Crippen molar-refractivity contribution < 1.29 is 4.39 Å². The summed E-state index contributed by atoms with van der Waals surface area (Å²) in [4.78, 5) is 0. The first-order valence-electron chi connectivity index (χ1n) is 4.61. The molecule has 0 spiro atoms. The largest absolute Gasteiger partial charge is 0.313 e. The molecule has 0 aliphatic carbocycles. The van der Waals surface area contributed by atoms with Gasteiger partial charge in [0.15, 0.2) is 0 Å². The number of hydrogen-bond donors (Lipinski definition) is 1.